The second-order valence-electron chi connectivity index (χ2n) is 4.16. The summed E-state index contributed by atoms with van der Waals surface area (Å²) in [7, 11) is 0. The van der Waals surface area contributed by atoms with Crippen LogP contribution in [0, 0.1) is 0 Å². The van der Waals surface area contributed by atoms with E-state index in [-0.39, 0.29) is 10.8 Å². The molecule has 1 aromatic heterocycles. The summed E-state index contributed by atoms with van der Waals surface area (Å²) in [6.07, 6.45) is -4.44. The highest BCUT2D eigenvalue weighted by Crippen LogP contribution is 2.36. The molecule has 3 nitrogen and oxygen atoms in total. The van der Waals surface area contributed by atoms with E-state index in [2.05, 4.69) is 8.75 Å². The summed E-state index contributed by atoms with van der Waals surface area (Å²) in [5, 5.41) is -0.110. The molecule has 0 saturated carbocycles. The van der Waals surface area contributed by atoms with Gasteiger partial charge in [-0.1, -0.05) is 11.6 Å². The lowest BCUT2D eigenvalue weighted by atomic mass is 10.2. The van der Waals surface area contributed by atoms with Gasteiger partial charge in [0.25, 0.3) is 0 Å². The first kappa shape index (κ1) is 14.1. The van der Waals surface area contributed by atoms with Crippen LogP contribution in [0.4, 0.5) is 13.2 Å². The Labute approximate surface area is 126 Å². The molecule has 0 aliphatic carbocycles. The summed E-state index contributed by atoms with van der Waals surface area (Å²) >= 11 is 6.90. The van der Waals surface area contributed by atoms with Crippen LogP contribution in [0.25, 0.3) is 11.0 Å². The molecule has 0 amide bonds. The lowest BCUT2D eigenvalue weighted by Gasteiger charge is -2.11. The standard InChI is InChI=1S/C13H6ClF3N2OS/c14-9-5-7(13(15,16)17)1-4-12(9)20-8-2-3-10-11(6-8)19-21-18-10/h1-6H. The molecule has 0 bridgehead atoms. The Morgan fingerprint density at radius 1 is 1.00 bits per heavy atom. The van der Waals surface area contributed by atoms with Crippen molar-refractivity contribution in [1.82, 2.24) is 8.75 Å². The molecular formula is C13H6ClF3N2OS. The van der Waals surface area contributed by atoms with Gasteiger partial charge in [-0.15, -0.1) is 0 Å². The third-order valence-electron chi connectivity index (χ3n) is 2.71. The first-order valence-electron chi connectivity index (χ1n) is 5.70. The maximum absolute atomic E-state index is 12.6. The number of nitrogens with zero attached hydrogens (tertiary/aromatic N) is 2. The van der Waals surface area contributed by atoms with Crippen LogP contribution in [0.1, 0.15) is 5.56 Å². The van der Waals surface area contributed by atoms with Gasteiger partial charge in [-0.05, 0) is 30.3 Å². The topological polar surface area (TPSA) is 35.0 Å². The highest BCUT2D eigenvalue weighted by molar-refractivity contribution is 7.00. The molecule has 0 atom stereocenters. The molecule has 0 fully saturated rings. The molecule has 0 aliphatic heterocycles. The van der Waals surface area contributed by atoms with Crippen LogP contribution in [0.3, 0.4) is 0 Å². The second kappa shape index (κ2) is 5.16. The van der Waals surface area contributed by atoms with Gasteiger partial charge < -0.3 is 4.74 Å². The second-order valence-corrected chi connectivity index (χ2v) is 5.10. The molecule has 1 heterocycles. The van der Waals surface area contributed by atoms with E-state index >= 15 is 0 Å². The van der Waals surface area contributed by atoms with Crippen molar-refractivity contribution in [3.05, 3.63) is 47.0 Å². The number of aromatic nitrogens is 2. The molecular weight excluding hydrogens is 325 g/mol. The van der Waals surface area contributed by atoms with Crippen LogP contribution in [0.5, 0.6) is 11.5 Å². The quantitative estimate of drug-likeness (QED) is 0.651. The van der Waals surface area contributed by atoms with Crippen LogP contribution < -0.4 is 4.74 Å². The molecule has 8 heteroatoms. The maximum Gasteiger partial charge on any atom is 0.416 e. The highest BCUT2D eigenvalue weighted by Gasteiger charge is 2.31. The number of benzene rings is 2. The zero-order chi connectivity index (χ0) is 15.0. The van der Waals surface area contributed by atoms with E-state index in [9.17, 15) is 13.2 Å². The first-order valence-corrected chi connectivity index (χ1v) is 6.81. The normalized spacial score (nSPS) is 11.8. The van der Waals surface area contributed by atoms with Gasteiger partial charge in [-0.25, -0.2) is 0 Å². The minimum Gasteiger partial charge on any atom is -0.456 e. The number of rotatable bonds is 2. The molecule has 2 aromatic carbocycles. The molecule has 0 spiro atoms. The van der Waals surface area contributed by atoms with Gasteiger partial charge in [0.1, 0.15) is 22.5 Å². The Kier molecular flexibility index (Phi) is 3.46. The third kappa shape index (κ3) is 2.93. The average molecular weight is 331 g/mol. The molecule has 108 valence electrons. The zero-order valence-corrected chi connectivity index (χ0v) is 11.8. The number of ether oxygens (including phenoxy) is 1. The fourth-order valence-corrected chi connectivity index (χ4v) is 2.45. The molecule has 3 aromatic rings. The number of hydrogen-bond acceptors (Lipinski definition) is 4. The summed E-state index contributed by atoms with van der Waals surface area (Å²) in [6.45, 7) is 0. The lowest BCUT2D eigenvalue weighted by Crippen LogP contribution is -2.04. The summed E-state index contributed by atoms with van der Waals surface area (Å²) in [6, 6.07) is 7.95. The van der Waals surface area contributed by atoms with Gasteiger partial charge in [-0.2, -0.15) is 21.9 Å². The van der Waals surface area contributed by atoms with E-state index in [1.165, 1.54) is 6.07 Å². The highest BCUT2D eigenvalue weighted by atomic mass is 35.5. The first-order chi connectivity index (χ1) is 9.93. The SMILES string of the molecule is FC(F)(F)c1ccc(Oc2ccc3nsnc3c2)c(Cl)c1. The average Bonchev–Trinajstić information content (AvgIpc) is 2.87. The minimum atomic E-state index is -4.44. The summed E-state index contributed by atoms with van der Waals surface area (Å²) in [5.41, 5.74) is 0.561. The Bertz CT molecular complexity index is 803. The number of alkyl halides is 3. The fraction of sp³-hybridized carbons (Fsp3) is 0.0769. The fourth-order valence-electron chi connectivity index (χ4n) is 1.71. The maximum atomic E-state index is 12.6. The number of fused-ring (bicyclic) bond motifs is 1. The third-order valence-corrected chi connectivity index (χ3v) is 3.56. The van der Waals surface area contributed by atoms with Crippen molar-refractivity contribution in [3.63, 3.8) is 0 Å². The minimum absolute atomic E-state index is 0.110. The molecule has 21 heavy (non-hydrogen) atoms. The monoisotopic (exact) mass is 330 g/mol. The number of hydrogen-bond donors (Lipinski definition) is 0. The smallest absolute Gasteiger partial charge is 0.416 e. The van der Waals surface area contributed by atoms with Gasteiger partial charge in [-0.3, -0.25) is 0 Å². The molecule has 0 aliphatic rings. The van der Waals surface area contributed by atoms with E-state index in [0.717, 1.165) is 29.4 Å². The molecule has 0 N–H and O–H groups in total. The van der Waals surface area contributed by atoms with Crippen molar-refractivity contribution in [2.45, 2.75) is 6.18 Å². The summed E-state index contributed by atoms with van der Waals surface area (Å²) in [4.78, 5) is 0. The van der Waals surface area contributed by atoms with Gasteiger partial charge in [0.2, 0.25) is 0 Å². The zero-order valence-electron chi connectivity index (χ0n) is 10.2. The van der Waals surface area contributed by atoms with Crippen molar-refractivity contribution in [3.8, 4) is 11.5 Å². The van der Waals surface area contributed by atoms with Crippen molar-refractivity contribution in [1.29, 1.82) is 0 Å². The van der Waals surface area contributed by atoms with Gasteiger partial charge in [0.15, 0.2) is 0 Å². The van der Waals surface area contributed by atoms with Gasteiger partial charge in [0, 0.05) is 6.07 Å². The Hall–Kier alpha value is -1.86. The molecule has 0 unspecified atom stereocenters. The van der Waals surface area contributed by atoms with Crippen LogP contribution in [0.2, 0.25) is 5.02 Å². The molecule has 0 saturated heterocycles. The van der Waals surface area contributed by atoms with Gasteiger partial charge in [0.05, 0.1) is 22.3 Å². The van der Waals surface area contributed by atoms with Gasteiger partial charge >= 0.3 is 6.18 Å². The molecule has 3 rings (SSSR count). The van der Waals surface area contributed by atoms with Crippen LogP contribution in [-0.2, 0) is 6.18 Å². The van der Waals surface area contributed by atoms with E-state index in [0.29, 0.717) is 11.3 Å². The van der Waals surface area contributed by atoms with Crippen molar-refractivity contribution in [2.75, 3.05) is 0 Å². The van der Waals surface area contributed by atoms with Crippen molar-refractivity contribution < 1.29 is 17.9 Å². The van der Waals surface area contributed by atoms with E-state index in [1.807, 2.05) is 0 Å². The number of halogens is 4. The predicted octanol–water partition coefficient (Wildman–Crippen LogP) is 5.16. The Morgan fingerprint density at radius 3 is 2.48 bits per heavy atom. The van der Waals surface area contributed by atoms with Crippen LogP contribution in [-0.4, -0.2) is 8.75 Å². The Balaban J connectivity index is 1.90. The van der Waals surface area contributed by atoms with Crippen LogP contribution >= 0.6 is 23.3 Å². The van der Waals surface area contributed by atoms with E-state index in [1.54, 1.807) is 18.2 Å². The van der Waals surface area contributed by atoms with E-state index in [4.69, 9.17) is 16.3 Å². The lowest BCUT2D eigenvalue weighted by molar-refractivity contribution is -0.137. The predicted molar refractivity (Wildman–Crippen MR) is 73.9 cm³/mol. The van der Waals surface area contributed by atoms with E-state index < -0.39 is 11.7 Å². The summed E-state index contributed by atoms with van der Waals surface area (Å²) in [5.74, 6) is 0.573. The summed E-state index contributed by atoms with van der Waals surface area (Å²) < 4.78 is 51.3. The Morgan fingerprint density at radius 2 is 1.76 bits per heavy atom. The largest absolute Gasteiger partial charge is 0.456 e. The van der Waals surface area contributed by atoms with Crippen molar-refractivity contribution in [2.24, 2.45) is 0 Å². The van der Waals surface area contributed by atoms with Crippen molar-refractivity contribution >= 4 is 34.4 Å². The van der Waals surface area contributed by atoms with Crippen LogP contribution in [0.15, 0.2) is 36.4 Å². The molecule has 0 radical (unpaired) electrons.